The van der Waals surface area contributed by atoms with Gasteiger partial charge in [0.05, 0.1) is 6.42 Å². The van der Waals surface area contributed by atoms with E-state index in [1.807, 2.05) is 42.2 Å². The molecule has 1 aliphatic rings. The van der Waals surface area contributed by atoms with Crippen LogP contribution in [0.4, 0.5) is 0 Å². The molecule has 1 aromatic carbocycles. The van der Waals surface area contributed by atoms with Crippen molar-refractivity contribution < 1.29 is 9.59 Å². The number of amides is 2. The number of aryl methyl sites for hydroxylation is 1. The summed E-state index contributed by atoms with van der Waals surface area (Å²) in [5, 5.41) is 0. The van der Waals surface area contributed by atoms with Crippen LogP contribution in [0.5, 0.6) is 0 Å². The van der Waals surface area contributed by atoms with Gasteiger partial charge in [-0.25, -0.2) is 4.98 Å². The van der Waals surface area contributed by atoms with Gasteiger partial charge < -0.3 is 14.8 Å². The number of hydrogen-bond donors (Lipinski definition) is 1. The first-order valence-electron chi connectivity index (χ1n) is 9.64. The highest BCUT2D eigenvalue weighted by Gasteiger charge is 2.30. The van der Waals surface area contributed by atoms with Crippen LogP contribution in [-0.4, -0.2) is 50.7 Å². The van der Waals surface area contributed by atoms with Crippen LogP contribution >= 0.6 is 0 Å². The van der Waals surface area contributed by atoms with Gasteiger partial charge in [0.25, 0.3) is 5.56 Å². The van der Waals surface area contributed by atoms with Gasteiger partial charge in [-0.3, -0.25) is 14.4 Å². The van der Waals surface area contributed by atoms with Crippen molar-refractivity contribution in [1.29, 1.82) is 0 Å². The first-order chi connectivity index (χ1) is 13.5. The first-order valence-corrected chi connectivity index (χ1v) is 9.64. The van der Waals surface area contributed by atoms with Gasteiger partial charge in [0.15, 0.2) is 0 Å². The van der Waals surface area contributed by atoms with Gasteiger partial charge in [-0.15, -0.1) is 0 Å². The summed E-state index contributed by atoms with van der Waals surface area (Å²) < 4.78 is 0. The Hall–Kier alpha value is -2.96. The molecule has 7 nitrogen and oxygen atoms in total. The van der Waals surface area contributed by atoms with Gasteiger partial charge >= 0.3 is 0 Å². The standard InChI is InChI=1S/C21H26N4O3/c1-3-18-14-24(20(27)11-17-12-22-15(2)23-21(17)28)10-9-19(26)25(18)13-16-7-5-4-6-8-16/h4-8,12,18H,3,9-11,13-14H2,1-2H3,(H,22,23,28)/t18-/m0/s1. The summed E-state index contributed by atoms with van der Waals surface area (Å²) in [4.78, 5) is 47.8. The highest BCUT2D eigenvalue weighted by molar-refractivity contribution is 5.81. The van der Waals surface area contributed by atoms with Crippen LogP contribution in [0.3, 0.4) is 0 Å². The van der Waals surface area contributed by atoms with Crippen molar-refractivity contribution in [2.45, 2.75) is 45.7 Å². The summed E-state index contributed by atoms with van der Waals surface area (Å²) >= 11 is 0. The van der Waals surface area contributed by atoms with Crippen LogP contribution in [0.2, 0.25) is 0 Å². The Balaban J connectivity index is 1.73. The summed E-state index contributed by atoms with van der Waals surface area (Å²) in [7, 11) is 0. The van der Waals surface area contributed by atoms with Crippen molar-refractivity contribution in [3.8, 4) is 0 Å². The first kappa shape index (κ1) is 19.8. The molecule has 2 aromatic rings. The molecule has 0 radical (unpaired) electrons. The van der Waals surface area contributed by atoms with Crippen LogP contribution in [0.25, 0.3) is 0 Å². The zero-order valence-corrected chi connectivity index (χ0v) is 16.4. The van der Waals surface area contributed by atoms with E-state index in [0.29, 0.717) is 31.0 Å². The van der Waals surface area contributed by atoms with Crippen molar-refractivity contribution in [1.82, 2.24) is 19.8 Å². The Morgan fingerprint density at radius 2 is 2.00 bits per heavy atom. The van der Waals surface area contributed by atoms with Crippen LogP contribution in [0, 0.1) is 6.92 Å². The molecule has 148 valence electrons. The fourth-order valence-corrected chi connectivity index (χ4v) is 3.51. The zero-order valence-electron chi connectivity index (χ0n) is 16.4. The highest BCUT2D eigenvalue weighted by Crippen LogP contribution is 2.18. The van der Waals surface area contributed by atoms with E-state index in [9.17, 15) is 14.4 Å². The van der Waals surface area contributed by atoms with Gasteiger partial charge in [0.1, 0.15) is 5.82 Å². The number of nitrogens with zero attached hydrogens (tertiary/aromatic N) is 3. The summed E-state index contributed by atoms with van der Waals surface area (Å²) in [5.74, 6) is 0.425. The van der Waals surface area contributed by atoms with Crippen molar-refractivity contribution in [3.63, 3.8) is 0 Å². The number of nitrogens with one attached hydrogen (secondary N) is 1. The third-order valence-corrected chi connectivity index (χ3v) is 5.15. The van der Waals surface area contributed by atoms with Gasteiger partial charge in [-0.2, -0.15) is 0 Å². The van der Waals surface area contributed by atoms with E-state index < -0.39 is 0 Å². The topological polar surface area (TPSA) is 86.4 Å². The normalized spacial score (nSPS) is 17.5. The molecule has 2 amide bonds. The lowest BCUT2D eigenvalue weighted by atomic mass is 10.1. The molecule has 0 spiro atoms. The summed E-state index contributed by atoms with van der Waals surface area (Å²) in [5.41, 5.74) is 1.14. The van der Waals surface area contributed by atoms with Gasteiger partial charge in [0, 0.05) is 43.9 Å². The lowest BCUT2D eigenvalue weighted by Crippen LogP contribution is -2.44. The molecule has 0 saturated carbocycles. The van der Waals surface area contributed by atoms with E-state index in [2.05, 4.69) is 9.97 Å². The molecule has 0 unspecified atom stereocenters. The number of carbonyl (C=O) groups excluding carboxylic acids is 2. The largest absolute Gasteiger partial charge is 0.340 e. The predicted octanol–water partition coefficient (Wildman–Crippen LogP) is 1.66. The van der Waals surface area contributed by atoms with Gasteiger partial charge in [0.2, 0.25) is 11.8 Å². The molecule has 1 atom stereocenters. The number of H-pyrrole nitrogens is 1. The van der Waals surface area contributed by atoms with E-state index in [0.717, 1.165) is 12.0 Å². The minimum Gasteiger partial charge on any atom is -0.340 e. The molecular formula is C21H26N4O3. The van der Waals surface area contributed by atoms with Gasteiger partial charge in [-0.1, -0.05) is 37.3 Å². The molecule has 3 rings (SSSR count). The minimum absolute atomic E-state index is 0.00801. The number of aromatic amines is 1. The Morgan fingerprint density at radius 3 is 2.68 bits per heavy atom. The quantitative estimate of drug-likeness (QED) is 0.852. The lowest BCUT2D eigenvalue weighted by molar-refractivity contribution is -0.133. The third kappa shape index (κ3) is 4.65. The highest BCUT2D eigenvalue weighted by atomic mass is 16.2. The molecule has 7 heteroatoms. The Bertz CT molecular complexity index is 894. The summed E-state index contributed by atoms with van der Waals surface area (Å²) in [6, 6.07) is 9.83. The maximum atomic E-state index is 12.8. The predicted molar refractivity (Wildman–Crippen MR) is 106 cm³/mol. The summed E-state index contributed by atoms with van der Waals surface area (Å²) in [6.07, 6.45) is 2.49. The Morgan fingerprint density at radius 1 is 1.25 bits per heavy atom. The number of rotatable bonds is 5. The lowest BCUT2D eigenvalue weighted by Gasteiger charge is -2.31. The van der Waals surface area contributed by atoms with Crippen LogP contribution in [0.15, 0.2) is 41.3 Å². The minimum atomic E-state index is -0.288. The number of carbonyl (C=O) groups is 2. The van der Waals surface area contributed by atoms with Crippen LogP contribution in [0.1, 0.15) is 36.7 Å². The second kappa shape index (κ2) is 8.82. The smallest absolute Gasteiger partial charge is 0.254 e. The van der Waals surface area contributed by atoms with Crippen molar-refractivity contribution in [2.24, 2.45) is 0 Å². The van der Waals surface area contributed by atoms with E-state index >= 15 is 0 Å². The molecule has 1 saturated heterocycles. The van der Waals surface area contributed by atoms with Crippen LogP contribution < -0.4 is 5.56 Å². The molecule has 1 N–H and O–H groups in total. The van der Waals surface area contributed by atoms with Crippen molar-refractivity contribution in [2.75, 3.05) is 13.1 Å². The fourth-order valence-electron chi connectivity index (χ4n) is 3.51. The fraction of sp³-hybridized carbons (Fsp3) is 0.429. The second-order valence-electron chi connectivity index (χ2n) is 7.16. The molecule has 1 fully saturated rings. The van der Waals surface area contributed by atoms with E-state index in [1.165, 1.54) is 6.20 Å². The number of hydrogen-bond acceptors (Lipinski definition) is 4. The maximum Gasteiger partial charge on any atom is 0.254 e. The molecule has 1 aliphatic heterocycles. The zero-order chi connectivity index (χ0) is 20.1. The third-order valence-electron chi connectivity index (χ3n) is 5.15. The maximum absolute atomic E-state index is 12.8. The monoisotopic (exact) mass is 382 g/mol. The number of aromatic nitrogens is 2. The molecule has 28 heavy (non-hydrogen) atoms. The number of benzene rings is 1. The molecular weight excluding hydrogens is 356 g/mol. The van der Waals surface area contributed by atoms with Gasteiger partial charge in [-0.05, 0) is 18.9 Å². The van der Waals surface area contributed by atoms with Crippen LogP contribution in [-0.2, 0) is 22.6 Å². The van der Waals surface area contributed by atoms with E-state index in [-0.39, 0.29) is 36.3 Å². The molecule has 0 bridgehead atoms. The molecule has 0 aliphatic carbocycles. The second-order valence-corrected chi connectivity index (χ2v) is 7.16. The molecule has 1 aromatic heterocycles. The Labute approximate surface area is 164 Å². The van der Waals surface area contributed by atoms with Crippen molar-refractivity contribution >= 4 is 11.8 Å². The SMILES string of the molecule is CC[C@H]1CN(C(=O)Cc2cnc(C)[nH]c2=O)CCC(=O)N1Cc1ccccc1. The average molecular weight is 382 g/mol. The van der Waals surface area contributed by atoms with Crippen molar-refractivity contribution in [3.05, 3.63) is 63.8 Å². The van der Waals surface area contributed by atoms with E-state index in [1.54, 1.807) is 11.8 Å². The molecule has 2 heterocycles. The van der Waals surface area contributed by atoms with E-state index in [4.69, 9.17) is 0 Å². The summed E-state index contributed by atoms with van der Waals surface area (Å²) in [6.45, 7) is 5.11. The Kier molecular flexibility index (Phi) is 6.23. The average Bonchev–Trinajstić information content (AvgIpc) is 2.84.